The number of thiocarbonyl (C=S) groups is 1. The molecule has 0 aromatic carbocycles. The molecule has 0 aliphatic carbocycles. The monoisotopic (exact) mass is 117 g/mol. The Bertz CT molecular complexity index is 93.7. The molecule has 0 saturated carbocycles. The lowest BCUT2D eigenvalue weighted by Crippen LogP contribution is -2.21. The van der Waals surface area contributed by atoms with Crippen LogP contribution in [-0.4, -0.2) is 17.8 Å². The zero-order chi connectivity index (χ0) is 5.28. The fourth-order valence-corrected chi connectivity index (χ4v) is 0.754. The summed E-state index contributed by atoms with van der Waals surface area (Å²) in [7, 11) is 0. The van der Waals surface area contributed by atoms with Crippen molar-refractivity contribution in [3.05, 3.63) is 0 Å². The van der Waals surface area contributed by atoms with E-state index >= 15 is 0 Å². The lowest BCUT2D eigenvalue weighted by Gasteiger charge is -1.92. The van der Waals surface area contributed by atoms with E-state index in [2.05, 4.69) is 17.5 Å². The third-order valence-electron chi connectivity index (χ3n) is 0.829. The van der Waals surface area contributed by atoms with Crippen LogP contribution in [0, 0.1) is 0 Å². The summed E-state index contributed by atoms with van der Waals surface area (Å²) >= 11 is 4.66. The second-order valence-corrected chi connectivity index (χ2v) is 2.01. The Morgan fingerprint density at radius 3 is 2.86 bits per heavy atom. The first kappa shape index (κ1) is 4.84. The molecule has 0 radical (unpaired) electrons. The number of nitrogens with one attached hydrogen (secondary N) is 1. The molecule has 3 heteroatoms. The first-order valence-electron chi connectivity index (χ1n) is 2.22. The minimum Gasteiger partial charge on any atom is -0.469 e. The van der Waals surface area contributed by atoms with Crippen LogP contribution in [0.2, 0.25) is 0 Å². The van der Waals surface area contributed by atoms with Gasteiger partial charge in [0.05, 0.1) is 6.04 Å². The van der Waals surface area contributed by atoms with Crippen molar-refractivity contribution in [1.29, 1.82) is 0 Å². The Hall–Kier alpha value is -0.310. The van der Waals surface area contributed by atoms with Crippen molar-refractivity contribution < 1.29 is 4.74 Å². The average Bonchev–Trinajstić information content (AvgIpc) is 1.87. The van der Waals surface area contributed by atoms with Crippen molar-refractivity contribution in [3.63, 3.8) is 0 Å². The Labute approximate surface area is 47.9 Å². The molecular weight excluding hydrogens is 110 g/mol. The Balaban J connectivity index is 2.40. The van der Waals surface area contributed by atoms with E-state index in [1.54, 1.807) is 0 Å². The molecule has 2 nitrogen and oxygen atoms in total. The van der Waals surface area contributed by atoms with Crippen LogP contribution in [0.1, 0.15) is 6.92 Å². The van der Waals surface area contributed by atoms with Gasteiger partial charge in [-0.25, -0.2) is 0 Å². The Kier molecular flexibility index (Phi) is 1.15. The minimum atomic E-state index is 0.410. The number of hydrogen-bond acceptors (Lipinski definition) is 2. The lowest BCUT2D eigenvalue weighted by molar-refractivity contribution is 0.338. The van der Waals surface area contributed by atoms with Crippen LogP contribution >= 0.6 is 12.2 Å². The van der Waals surface area contributed by atoms with E-state index in [1.807, 2.05) is 6.92 Å². The molecule has 0 spiro atoms. The van der Waals surface area contributed by atoms with Gasteiger partial charge in [-0.3, -0.25) is 0 Å². The van der Waals surface area contributed by atoms with Crippen molar-refractivity contribution in [3.8, 4) is 0 Å². The van der Waals surface area contributed by atoms with Gasteiger partial charge in [0.1, 0.15) is 6.61 Å². The van der Waals surface area contributed by atoms with Crippen molar-refractivity contribution in [2.75, 3.05) is 6.61 Å². The van der Waals surface area contributed by atoms with Gasteiger partial charge >= 0.3 is 0 Å². The van der Waals surface area contributed by atoms with E-state index in [-0.39, 0.29) is 0 Å². The molecular formula is C4H7NOS. The van der Waals surface area contributed by atoms with Gasteiger partial charge in [0.25, 0.3) is 5.17 Å². The topological polar surface area (TPSA) is 21.3 Å². The summed E-state index contributed by atoms with van der Waals surface area (Å²) in [6.07, 6.45) is 0. The third kappa shape index (κ3) is 1.03. The molecule has 1 atom stereocenters. The molecule has 1 heterocycles. The number of ether oxygens (including phenoxy) is 1. The van der Waals surface area contributed by atoms with Crippen molar-refractivity contribution in [2.24, 2.45) is 0 Å². The SMILES string of the molecule is C[C@H]1COC(=S)N1. The van der Waals surface area contributed by atoms with Gasteiger partial charge in [-0.05, 0) is 19.1 Å². The molecule has 1 aliphatic rings. The highest BCUT2D eigenvalue weighted by Crippen LogP contribution is 1.94. The zero-order valence-corrected chi connectivity index (χ0v) is 4.92. The fourth-order valence-electron chi connectivity index (χ4n) is 0.485. The Morgan fingerprint density at radius 1 is 2.00 bits per heavy atom. The lowest BCUT2D eigenvalue weighted by atomic mass is 10.4. The van der Waals surface area contributed by atoms with Crippen molar-refractivity contribution in [2.45, 2.75) is 13.0 Å². The fraction of sp³-hybridized carbons (Fsp3) is 0.750. The maximum atomic E-state index is 4.89. The molecule has 0 bridgehead atoms. The van der Waals surface area contributed by atoms with Crippen LogP contribution in [0.25, 0.3) is 0 Å². The van der Waals surface area contributed by atoms with Crippen LogP contribution < -0.4 is 5.32 Å². The smallest absolute Gasteiger partial charge is 0.257 e. The van der Waals surface area contributed by atoms with Crippen molar-refractivity contribution in [1.82, 2.24) is 5.32 Å². The second kappa shape index (κ2) is 1.66. The van der Waals surface area contributed by atoms with Gasteiger partial charge in [-0.1, -0.05) is 0 Å². The van der Waals surface area contributed by atoms with E-state index in [0.717, 1.165) is 6.61 Å². The second-order valence-electron chi connectivity index (χ2n) is 1.64. The molecule has 1 aliphatic heterocycles. The van der Waals surface area contributed by atoms with Gasteiger partial charge in [0, 0.05) is 0 Å². The van der Waals surface area contributed by atoms with Gasteiger partial charge in [-0.2, -0.15) is 0 Å². The Morgan fingerprint density at radius 2 is 2.71 bits per heavy atom. The summed E-state index contributed by atoms with van der Waals surface area (Å²) in [5, 5.41) is 3.46. The van der Waals surface area contributed by atoms with Crippen LogP contribution in [0.15, 0.2) is 0 Å². The van der Waals surface area contributed by atoms with E-state index in [4.69, 9.17) is 4.74 Å². The van der Waals surface area contributed by atoms with Crippen LogP contribution in [0.4, 0.5) is 0 Å². The van der Waals surface area contributed by atoms with Gasteiger partial charge in [-0.15, -0.1) is 0 Å². The normalized spacial score (nSPS) is 29.3. The highest BCUT2D eigenvalue weighted by Gasteiger charge is 2.12. The molecule has 1 saturated heterocycles. The van der Waals surface area contributed by atoms with Crippen molar-refractivity contribution >= 4 is 17.4 Å². The molecule has 0 amide bonds. The standard InChI is InChI=1S/C4H7NOS/c1-3-2-6-4(7)5-3/h3H,2H2,1H3,(H,5,7)/t3-/m0/s1. The molecule has 0 unspecified atom stereocenters. The first-order chi connectivity index (χ1) is 3.29. The van der Waals surface area contributed by atoms with Gasteiger partial charge in [0.2, 0.25) is 0 Å². The minimum absolute atomic E-state index is 0.410. The summed E-state index contributed by atoms with van der Waals surface area (Å²) in [4.78, 5) is 0. The van der Waals surface area contributed by atoms with Crippen LogP contribution in [-0.2, 0) is 4.74 Å². The van der Waals surface area contributed by atoms with E-state index < -0.39 is 0 Å². The summed E-state index contributed by atoms with van der Waals surface area (Å²) in [5.74, 6) is 0. The number of hydrogen-bond donors (Lipinski definition) is 1. The van der Waals surface area contributed by atoms with Gasteiger partial charge < -0.3 is 10.1 Å². The quantitative estimate of drug-likeness (QED) is 0.460. The van der Waals surface area contributed by atoms with Crippen LogP contribution in [0.5, 0.6) is 0 Å². The summed E-state index contributed by atoms with van der Waals surface area (Å²) in [6, 6.07) is 0.410. The highest BCUT2D eigenvalue weighted by atomic mass is 32.1. The number of rotatable bonds is 0. The summed E-state index contributed by atoms with van der Waals surface area (Å²) in [6.45, 7) is 2.75. The first-order valence-corrected chi connectivity index (χ1v) is 2.63. The zero-order valence-electron chi connectivity index (χ0n) is 4.10. The molecule has 7 heavy (non-hydrogen) atoms. The largest absolute Gasteiger partial charge is 0.469 e. The van der Waals surface area contributed by atoms with E-state index in [1.165, 1.54) is 0 Å². The molecule has 1 fully saturated rings. The van der Waals surface area contributed by atoms with Gasteiger partial charge in [0.15, 0.2) is 0 Å². The highest BCUT2D eigenvalue weighted by molar-refractivity contribution is 7.80. The predicted octanol–water partition coefficient (Wildman–Crippen LogP) is 0.280. The third-order valence-corrected chi connectivity index (χ3v) is 1.06. The maximum absolute atomic E-state index is 4.89. The van der Waals surface area contributed by atoms with Crippen LogP contribution in [0.3, 0.4) is 0 Å². The molecule has 0 aromatic heterocycles. The average molecular weight is 117 g/mol. The predicted molar refractivity (Wildman–Crippen MR) is 31.1 cm³/mol. The molecule has 0 aromatic rings. The summed E-state index contributed by atoms with van der Waals surface area (Å²) < 4.78 is 4.89. The molecule has 40 valence electrons. The molecule has 1 rings (SSSR count). The van der Waals surface area contributed by atoms with E-state index in [9.17, 15) is 0 Å². The molecule has 1 N–H and O–H groups in total. The van der Waals surface area contributed by atoms with E-state index in [0.29, 0.717) is 11.2 Å². The maximum Gasteiger partial charge on any atom is 0.257 e. The summed E-state index contributed by atoms with van der Waals surface area (Å²) in [5.41, 5.74) is 0.